The van der Waals surface area contributed by atoms with Crippen LogP contribution in [-0.2, 0) is 0 Å². The second-order valence-electron chi connectivity index (χ2n) is 4.34. The maximum absolute atomic E-state index is 4.49. The third-order valence-electron chi connectivity index (χ3n) is 2.99. The van der Waals surface area contributed by atoms with Crippen molar-refractivity contribution < 1.29 is 0 Å². The summed E-state index contributed by atoms with van der Waals surface area (Å²) >= 11 is 0. The lowest BCUT2D eigenvalue weighted by Gasteiger charge is -2.18. The van der Waals surface area contributed by atoms with Crippen LogP contribution in [0, 0.1) is 13.8 Å². The third-order valence-corrected chi connectivity index (χ3v) is 2.99. The van der Waals surface area contributed by atoms with Gasteiger partial charge in [0, 0.05) is 6.20 Å². The van der Waals surface area contributed by atoms with E-state index in [9.17, 15) is 0 Å². The molecule has 1 aromatic heterocycles. The maximum atomic E-state index is 4.49. The monoisotopic (exact) mass is 226 g/mol. The Kier molecular flexibility index (Phi) is 3.55. The van der Waals surface area contributed by atoms with Gasteiger partial charge in [-0.25, -0.2) is 0 Å². The van der Waals surface area contributed by atoms with Crippen LogP contribution in [0.3, 0.4) is 0 Å². The van der Waals surface area contributed by atoms with E-state index in [4.69, 9.17) is 0 Å². The Hall–Kier alpha value is -1.67. The number of nitrogens with zero attached hydrogens (tertiary/aromatic N) is 1. The summed E-state index contributed by atoms with van der Waals surface area (Å²) in [6, 6.07) is 12.8. The van der Waals surface area contributed by atoms with Crippen LogP contribution in [0.5, 0.6) is 0 Å². The van der Waals surface area contributed by atoms with Gasteiger partial charge in [0.05, 0.1) is 11.7 Å². The second-order valence-corrected chi connectivity index (χ2v) is 4.34. The molecule has 1 N–H and O–H groups in total. The Morgan fingerprint density at radius 1 is 1.12 bits per heavy atom. The van der Waals surface area contributed by atoms with Crippen molar-refractivity contribution in [2.24, 2.45) is 0 Å². The van der Waals surface area contributed by atoms with Crippen molar-refractivity contribution in [3.05, 3.63) is 65.0 Å². The highest BCUT2D eigenvalue weighted by molar-refractivity contribution is 5.34. The Balaban J connectivity index is 2.44. The van der Waals surface area contributed by atoms with Crippen molar-refractivity contribution in [2.75, 3.05) is 7.05 Å². The van der Waals surface area contributed by atoms with E-state index in [0.717, 1.165) is 5.69 Å². The van der Waals surface area contributed by atoms with Crippen molar-refractivity contribution in [1.82, 2.24) is 10.3 Å². The van der Waals surface area contributed by atoms with Gasteiger partial charge >= 0.3 is 0 Å². The largest absolute Gasteiger partial charge is 0.308 e. The van der Waals surface area contributed by atoms with E-state index in [1.54, 1.807) is 0 Å². The Morgan fingerprint density at radius 3 is 2.59 bits per heavy atom. The van der Waals surface area contributed by atoms with Gasteiger partial charge in [-0.15, -0.1) is 0 Å². The van der Waals surface area contributed by atoms with Crippen LogP contribution in [0.15, 0.2) is 42.6 Å². The second kappa shape index (κ2) is 5.11. The molecule has 0 aliphatic carbocycles. The lowest BCUT2D eigenvalue weighted by molar-refractivity contribution is 0.665. The Bertz CT molecular complexity index is 506. The first-order valence-corrected chi connectivity index (χ1v) is 5.87. The van der Waals surface area contributed by atoms with E-state index in [0.29, 0.717) is 0 Å². The lowest BCUT2D eigenvalue weighted by Crippen LogP contribution is -2.20. The van der Waals surface area contributed by atoms with Crippen LogP contribution in [0.1, 0.15) is 28.4 Å². The standard InChI is InChI=1S/C15H18N2/c1-11-6-4-8-13(10-11)15(16-3)14-12(2)7-5-9-17-14/h4-10,15-16H,1-3H3. The topological polar surface area (TPSA) is 24.9 Å². The van der Waals surface area contributed by atoms with E-state index in [2.05, 4.69) is 54.5 Å². The number of rotatable bonds is 3. The summed E-state index contributed by atoms with van der Waals surface area (Å²) in [5, 5.41) is 3.34. The summed E-state index contributed by atoms with van der Waals surface area (Å²) in [4.78, 5) is 4.49. The fraction of sp³-hybridized carbons (Fsp3) is 0.267. The molecule has 2 rings (SSSR count). The quantitative estimate of drug-likeness (QED) is 0.870. The Labute approximate surface area is 103 Å². The molecular formula is C15H18N2. The number of aromatic nitrogens is 1. The Morgan fingerprint density at radius 2 is 1.94 bits per heavy atom. The van der Waals surface area contributed by atoms with E-state index in [-0.39, 0.29) is 6.04 Å². The summed E-state index contributed by atoms with van der Waals surface area (Å²) in [5.74, 6) is 0. The molecule has 1 heterocycles. The molecule has 0 aliphatic heterocycles. The zero-order valence-electron chi connectivity index (χ0n) is 10.6. The molecule has 0 bridgehead atoms. The fourth-order valence-electron chi connectivity index (χ4n) is 2.11. The van der Waals surface area contributed by atoms with E-state index in [1.807, 2.05) is 19.3 Å². The zero-order chi connectivity index (χ0) is 12.3. The van der Waals surface area contributed by atoms with Crippen LogP contribution >= 0.6 is 0 Å². The van der Waals surface area contributed by atoms with Gasteiger partial charge in [-0.2, -0.15) is 0 Å². The molecule has 1 unspecified atom stereocenters. The number of hydrogen-bond acceptors (Lipinski definition) is 2. The SMILES string of the molecule is CNC(c1cccc(C)c1)c1ncccc1C. The minimum absolute atomic E-state index is 0.163. The molecule has 2 nitrogen and oxygen atoms in total. The van der Waals surface area contributed by atoms with Gasteiger partial charge in [0.2, 0.25) is 0 Å². The van der Waals surface area contributed by atoms with E-state index < -0.39 is 0 Å². The van der Waals surface area contributed by atoms with Gasteiger partial charge in [0.1, 0.15) is 0 Å². The van der Waals surface area contributed by atoms with Crippen molar-refractivity contribution in [1.29, 1.82) is 0 Å². The van der Waals surface area contributed by atoms with Gasteiger partial charge in [0.25, 0.3) is 0 Å². The van der Waals surface area contributed by atoms with Gasteiger partial charge < -0.3 is 5.32 Å². The van der Waals surface area contributed by atoms with Crippen LogP contribution < -0.4 is 5.32 Å². The molecule has 0 saturated heterocycles. The number of nitrogens with one attached hydrogen (secondary N) is 1. The number of aryl methyl sites for hydroxylation is 2. The van der Waals surface area contributed by atoms with Crippen LogP contribution in [0.2, 0.25) is 0 Å². The average molecular weight is 226 g/mol. The maximum Gasteiger partial charge on any atom is 0.0751 e. The van der Waals surface area contributed by atoms with Gasteiger partial charge in [0.15, 0.2) is 0 Å². The molecule has 0 radical (unpaired) electrons. The summed E-state index contributed by atoms with van der Waals surface area (Å²) in [7, 11) is 1.97. The minimum atomic E-state index is 0.163. The van der Waals surface area contributed by atoms with Crippen LogP contribution in [-0.4, -0.2) is 12.0 Å². The predicted molar refractivity (Wildman–Crippen MR) is 71.1 cm³/mol. The third kappa shape index (κ3) is 2.53. The highest BCUT2D eigenvalue weighted by Crippen LogP contribution is 2.22. The van der Waals surface area contributed by atoms with E-state index >= 15 is 0 Å². The summed E-state index contributed by atoms with van der Waals surface area (Å²) in [5.41, 5.74) is 4.85. The molecule has 0 spiro atoms. The number of hydrogen-bond donors (Lipinski definition) is 1. The normalized spacial score (nSPS) is 12.4. The first-order valence-electron chi connectivity index (χ1n) is 5.87. The van der Waals surface area contributed by atoms with Crippen LogP contribution in [0.25, 0.3) is 0 Å². The van der Waals surface area contributed by atoms with Crippen molar-refractivity contribution >= 4 is 0 Å². The number of pyridine rings is 1. The molecule has 1 aromatic carbocycles. The molecule has 88 valence electrons. The fourth-order valence-corrected chi connectivity index (χ4v) is 2.11. The van der Waals surface area contributed by atoms with Crippen LogP contribution in [0.4, 0.5) is 0 Å². The zero-order valence-corrected chi connectivity index (χ0v) is 10.6. The molecule has 2 heteroatoms. The average Bonchev–Trinajstić information content (AvgIpc) is 2.33. The van der Waals surface area contributed by atoms with Crippen molar-refractivity contribution in [2.45, 2.75) is 19.9 Å². The van der Waals surface area contributed by atoms with Crippen molar-refractivity contribution in [3.8, 4) is 0 Å². The van der Waals surface area contributed by atoms with Gasteiger partial charge in [-0.05, 0) is 38.1 Å². The lowest BCUT2D eigenvalue weighted by atomic mass is 9.99. The molecule has 0 fully saturated rings. The first-order chi connectivity index (χ1) is 8.22. The molecule has 17 heavy (non-hydrogen) atoms. The minimum Gasteiger partial charge on any atom is -0.308 e. The molecule has 0 saturated carbocycles. The van der Waals surface area contributed by atoms with Gasteiger partial charge in [-0.3, -0.25) is 4.98 Å². The summed E-state index contributed by atoms with van der Waals surface area (Å²) in [6.45, 7) is 4.21. The highest BCUT2D eigenvalue weighted by Gasteiger charge is 2.14. The molecule has 0 aliphatic rings. The molecule has 0 amide bonds. The smallest absolute Gasteiger partial charge is 0.0751 e. The summed E-state index contributed by atoms with van der Waals surface area (Å²) in [6.07, 6.45) is 1.85. The molecule has 1 atom stereocenters. The number of benzene rings is 1. The van der Waals surface area contributed by atoms with Crippen molar-refractivity contribution in [3.63, 3.8) is 0 Å². The van der Waals surface area contributed by atoms with E-state index in [1.165, 1.54) is 16.7 Å². The predicted octanol–water partition coefficient (Wildman–Crippen LogP) is 3.01. The molecular weight excluding hydrogens is 208 g/mol. The molecule has 2 aromatic rings. The highest BCUT2D eigenvalue weighted by atomic mass is 14.9. The van der Waals surface area contributed by atoms with Gasteiger partial charge in [-0.1, -0.05) is 35.9 Å². The summed E-state index contributed by atoms with van der Waals surface area (Å²) < 4.78 is 0. The first kappa shape index (κ1) is 11.8.